The van der Waals surface area contributed by atoms with Crippen LogP contribution in [0.5, 0.6) is 0 Å². The molecule has 20 heavy (non-hydrogen) atoms. The first kappa shape index (κ1) is 14.7. The van der Waals surface area contributed by atoms with Crippen molar-refractivity contribution in [2.75, 3.05) is 13.6 Å². The fraction of sp³-hybridized carbons (Fsp3) is 0.357. The number of carbonyl (C=O) groups is 1. The number of benzene rings is 1. The van der Waals surface area contributed by atoms with E-state index in [9.17, 15) is 13.2 Å². The van der Waals surface area contributed by atoms with Gasteiger partial charge in [-0.2, -0.15) is 4.31 Å². The average molecular weight is 294 g/mol. The molecule has 0 radical (unpaired) electrons. The van der Waals surface area contributed by atoms with Crippen LogP contribution in [0.4, 0.5) is 0 Å². The summed E-state index contributed by atoms with van der Waals surface area (Å²) < 4.78 is 26.6. The molecule has 0 bridgehead atoms. The summed E-state index contributed by atoms with van der Waals surface area (Å²) >= 11 is 0. The minimum atomic E-state index is -3.51. The smallest absolute Gasteiger partial charge is 0.251 e. The first-order valence-corrected chi connectivity index (χ1v) is 7.95. The van der Waals surface area contributed by atoms with Gasteiger partial charge in [0.1, 0.15) is 0 Å². The highest BCUT2D eigenvalue weighted by Gasteiger charge is 2.31. The standard InChI is InChI=1S/C14H18N2O3S/c1-3-12-5-4-10-16(12)20(18,19)13-8-6-11(7-9-13)14(17)15-2/h4-9,12H,3,10H2,1-2H3,(H,15,17). The molecule has 1 aliphatic heterocycles. The summed E-state index contributed by atoms with van der Waals surface area (Å²) in [5.41, 5.74) is 0.443. The van der Waals surface area contributed by atoms with E-state index in [4.69, 9.17) is 0 Å². The molecule has 1 aromatic carbocycles. The molecule has 1 heterocycles. The van der Waals surface area contributed by atoms with Crippen LogP contribution >= 0.6 is 0 Å². The van der Waals surface area contributed by atoms with Crippen molar-refractivity contribution in [3.8, 4) is 0 Å². The van der Waals surface area contributed by atoms with Crippen molar-refractivity contribution < 1.29 is 13.2 Å². The van der Waals surface area contributed by atoms with Crippen LogP contribution in [0.15, 0.2) is 41.3 Å². The molecule has 108 valence electrons. The van der Waals surface area contributed by atoms with Crippen molar-refractivity contribution in [3.63, 3.8) is 0 Å². The molecule has 0 fully saturated rings. The van der Waals surface area contributed by atoms with Crippen molar-refractivity contribution in [3.05, 3.63) is 42.0 Å². The number of carbonyl (C=O) groups excluding carboxylic acids is 1. The highest BCUT2D eigenvalue weighted by molar-refractivity contribution is 7.89. The molecule has 6 heteroatoms. The van der Waals surface area contributed by atoms with Gasteiger partial charge in [0.2, 0.25) is 10.0 Å². The van der Waals surface area contributed by atoms with Gasteiger partial charge in [0.15, 0.2) is 0 Å². The third-order valence-corrected chi connectivity index (χ3v) is 5.29. The first-order valence-electron chi connectivity index (χ1n) is 6.51. The molecule has 1 aliphatic rings. The zero-order chi connectivity index (χ0) is 14.8. The van der Waals surface area contributed by atoms with E-state index in [1.54, 1.807) is 0 Å². The molecule has 1 amide bonds. The highest BCUT2D eigenvalue weighted by Crippen LogP contribution is 2.23. The number of hydrogen-bond donors (Lipinski definition) is 1. The highest BCUT2D eigenvalue weighted by atomic mass is 32.2. The Balaban J connectivity index is 2.28. The van der Waals surface area contributed by atoms with Gasteiger partial charge >= 0.3 is 0 Å². The van der Waals surface area contributed by atoms with Crippen molar-refractivity contribution >= 4 is 15.9 Å². The first-order chi connectivity index (χ1) is 9.50. The van der Waals surface area contributed by atoms with Gasteiger partial charge in [0, 0.05) is 25.2 Å². The predicted molar refractivity (Wildman–Crippen MR) is 76.9 cm³/mol. The summed E-state index contributed by atoms with van der Waals surface area (Å²) in [5, 5.41) is 2.50. The van der Waals surface area contributed by atoms with Crippen LogP contribution in [0.1, 0.15) is 23.7 Å². The van der Waals surface area contributed by atoms with Crippen molar-refractivity contribution in [1.82, 2.24) is 9.62 Å². The molecular formula is C14H18N2O3S. The number of rotatable bonds is 4. The number of nitrogens with zero attached hydrogens (tertiary/aromatic N) is 1. The average Bonchev–Trinajstić information content (AvgIpc) is 2.95. The van der Waals surface area contributed by atoms with E-state index in [2.05, 4.69) is 5.32 Å². The SMILES string of the molecule is CCC1C=CCN1S(=O)(=O)c1ccc(C(=O)NC)cc1. The van der Waals surface area contributed by atoms with Gasteiger partial charge < -0.3 is 5.32 Å². The number of amides is 1. The number of hydrogen-bond acceptors (Lipinski definition) is 3. The van der Waals surface area contributed by atoms with Gasteiger partial charge in [-0.25, -0.2) is 8.42 Å². The molecule has 2 rings (SSSR count). The van der Waals surface area contributed by atoms with Gasteiger partial charge in [-0.1, -0.05) is 19.1 Å². The topological polar surface area (TPSA) is 66.5 Å². The Morgan fingerprint density at radius 3 is 2.55 bits per heavy atom. The number of sulfonamides is 1. The number of nitrogens with one attached hydrogen (secondary N) is 1. The van der Waals surface area contributed by atoms with Crippen LogP contribution in [0.25, 0.3) is 0 Å². The van der Waals surface area contributed by atoms with Gasteiger partial charge in [-0.15, -0.1) is 0 Å². The summed E-state index contributed by atoms with van der Waals surface area (Å²) in [7, 11) is -1.97. The normalized spacial score (nSPS) is 19.2. The molecule has 5 nitrogen and oxygen atoms in total. The second-order valence-corrected chi connectivity index (χ2v) is 6.47. The Labute approximate surface area is 119 Å². The largest absolute Gasteiger partial charge is 0.355 e. The summed E-state index contributed by atoms with van der Waals surface area (Å²) in [6.07, 6.45) is 4.52. The van der Waals surface area contributed by atoms with Crippen molar-refractivity contribution in [2.24, 2.45) is 0 Å². The lowest BCUT2D eigenvalue weighted by atomic mass is 10.2. The van der Waals surface area contributed by atoms with Crippen molar-refractivity contribution in [1.29, 1.82) is 0 Å². The van der Waals surface area contributed by atoms with Gasteiger partial charge in [0.05, 0.1) is 4.90 Å². The molecule has 1 atom stereocenters. The Morgan fingerprint density at radius 2 is 2.00 bits per heavy atom. The molecule has 0 saturated heterocycles. The van der Waals surface area contributed by atoms with Crippen LogP contribution in [-0.4, -0.2) is 38.3 Å². The van der Waals surface area contributed by atoms with Gasteiger partial charge in [0.25, 0.3) is 5.91 Å². The third-order valence-electron chi connectivity index (χ3n) is 3.38. The predicted octanol–water partition coefficient (Wildman–Crippen LogP) is 1.39. The molecule has 1 N–H and O–H groups in total. The second kappa shape index (κ2) is 5.76. The molecule has 0 aromatic heterocycles. The third kappa shape index (κ3) is 2.62. The van der Waals surface area contributed by atoms with E-state index in [1.807, 2.05) is 19.1 Å². The van der Waals surface area contributed by atoms with E-state index >= 15 is 0 Å². The Morgan fingerprint density at radius 1 is 1.35 bits per heavy atom. The van der Waals surface area contributed by atoms with Crippen LogP contribution in [0.3, 0.4) is 0 Å². The quantitative estimate of drug-likeness (QED) is 0.853. The summed E-state index contributed by atoms with van der Waals surface area (Å²) in [4.78, 5) is 11.7. The van der Waals surface area contributed by atoms with Crippen LogP contribution in [0, 0.1) is 0 Å². The summed E-state index contributed by atoms with van der Waals surface area (Å²) in [5.74, 6) is -0.233. The second-order valence-electron chi connectivity index (χ2n) is 4.58. The molecular weight excluding hydrogens is 276 g/mol. The van der Waals surface area contributed by atoms with E-state index in [0.717, 1.165) is 6.42 Å². The molecule has 0 spiro atoms. The van der Waals surface area contributed by atoms with E-state index in [-0.39, 0.29) is 16.8 Å². The minimum absolute atomic E-state index is 0.0846. The van der Waals surface area contributed by atoms with E-state index < -0.39 is 10.0 Å². The lowest BCUT2D eigenvalue weighted by Gasteiger charge is -2.22. The van der Waals surface area contributed by atoms with Gasteiger partial charge in [-0.05, 0) is 30.7 Å². The fourth-order valence-electron chi connectivity index (χ4n) is 2.23. The minimum Gasteiger partial charge on any atom is -0.355 e. The molecule has 1 aromatic rings. The van der Waals surface area contributed by atoms with Crippen LogP contribution in [-0.2, 0) is 10.0 Å². The monoisotopic (exact) mass is 294 g/mol. The molecule has 0 aliphatic carbocycles. The Kier molecular flexibility index (Phi) is 4.25. The summed E-state index contributed by atoms with van der Waals surface area (Å²) in [6.45, 7) is 2.36. The zero-order valence-electron chi connectivity index (χ0n) is 11.5. The maximum atomic E-state index is 12.5. The van der Waals surface area contributed by atoms with E-state index in [0.29, 0.717) is 12.1 Å². The van der Waals surface area contributed by atoms with Gasteiger partial charge in [-0.3, -0.25) is 4.79 Å². The molecule has 1 unspecified atom stereocenters. The maximum Gasteiger partial charge on any atom is 0.251 e. The fourth-order valence-corrected chi connectivity index (χ4v) is 3.84. The zero-order valence-corrected chi connectivity index (χ0v) is 12.4. The lowest BCUT2D eigenvalue weighted by molar-refractivity contribution is 0.0963. The van der Waals surface area contributed by atoms with Crippen molar-refractivity contribution in [2.45, 2.75) is 24.3 Å². The lowest BCUT2D eigenvalue weighted by Crippen LogP contribution is -2.35. The van der Waals surface area contributed by atoms with E-state index in [1.165, 1.54) is 35.6 Å². The Bertz CT molecular complexity index is 620. The summed E-state index contributed by atoms with van der Waals surface area (Å²) in [6, 6.07) is 5.92. The molecule has 0 saturated carbocycles. The maximum absolute atomic E-state index is 12.5. The van der Waals surface area contributed by atoms with Crippen LogP contribution in [0.2, 0.25) is 0 Å². The van der Waals surface area contributed by atoms with Crippen LogP contribution < -0.4 is 5.32 Å². The Hall–Kier alpha value is -1.66.